The fraction of sp³-hybridized carbons (Fsp3) is 0.615. The third kappa shape index (κ3) is 6.76. The second kappa shape index (κ2) is 10.5. The van der Waals surface area contributed by atoms with Crippen LogP contribution in [0.3, 0.4) is 0 Å². The van der Waals surface area contributed by atoms with Gasteiger partial charge in [0.25, 0.3) is 0 Å². The maximum absolute atomic E-state index is 13.5. The molecule has 2 fully saturated rings. The lowest BCUT2D eigenvalue weighted by Gasteiger charge is -2.28. The number of pyridine rings is 1. The molecule has 2 aliphatic carbocycles. The molecule has 2 heterocycles. The lowest BCUT2D eigenvalue weighted by Crippen LogP contribution is -2.51. The summed E-state index contributed by atoms with van der Waals surface area (Å²) in [4.78, 5) is 29.8. The molecule has 2 aromatic rings. The number of halogens is 3. The Morgan fingerprint density at radius 1 is 1.11 bits per heavy atom. The molecule has 0 aliphatic heterocycles. The van der Waals surface area contributed by atoms with Crippen LogP contribution in [-0.4, -0.2) is 45.5 Å². The van der Waals surface area contributed by atoms with Gasteiger partial charge in [0.1, 0.15) is 11.6 Å². The van der Waals surface area contributed by atoms with Crippen molar-refractivity contribution in [3.63, 3.8) is 0 Å². The Labute approximate surface area is 219 Å². The Hall–Kier alpha value is -3.31. The minimum absolute atomic E-state index is 0.0110. The van der Waals surface area contributed by atoms with Crippen LogP contribution in [0.1, 0.15) is 70.5 Å². The summed E-state index contributed by atoms with van der Waals surface area (Å²) in [6.07, 6.45) is 2.51. The molecule has 2 atom stereocenters. The number of hydrogen-bond acceptors (Lipinski definition) is 6. The number of ether oxygens (including phenoxy) is 2. The minimum Gasteiger partial charge on any atom is -0.481 e. The second-order valence-corrected chi connectivity index (χ2v) is 11.1. The molecule has 0 saturated heterocycles. The second-order valence-electron chi connectivity index (χ2n) is 11.1. The highest BCUT2D eigenvalue weighted by molar-refractivity contribution is 5.96. The van der Waals surface area contributed by atoms with Gasteiger partial charge in [0.2, 0.25) is 11.8 Å². The molecule has 0 bridgehead atoms. The van der Waals surface area contributed by atoms with Crippen LogP contribution >= 0.6 is 0 Å². The highest BCUT2D eigenvalue weighted by atomic mass is 19.4. The van der Waals surface area contributed by atoms with Crippen molar-refractivity contribution in [2.45, 2.75) is 77.2 Å². The third-order valence-corrected chi connectivity index (χ3v) is 6.79. The van der Waals surface area contributed by atoms with Crippen LogP contribution in [0.5, 0.6) is 5.88 Å². The molecule has 12 heteroatoms. The number of alkyl halides is 3. The standard InChI is InChI=1S/C26H34F3N5O4/c1-14(19-10-17(26(27,28)29)11-30-23(19)37-5)34-13-18(12-31-34)32-22(35)21(33-24(36)38-25(2,3)4)20(15-6-7-15)16-8-9-16/h10-16,20-21H,6-9H2,1-5H3,(H,32,35)(H,33,36). The van der Waals surface area contributed by atoms with Crippen LogP contribution in [0, 0.1) is 17.8 Å². The molecule has 2 aliphatic rings. The monoisotopic (exact) mass is 537 g/mol. The third-order valence-electron chi connectivity index (χ3n) is 6.79. The molecule has 0 spiro atoms. The van der Waals surface area contributed by atoms with Gasteiger partial charge in [-0.1, -0.05) is 0 Å². The number of nitrogens with one attached hydrogen (secondary N) is 2. The summed E-state index contributed by atoms with van der Waals surface area (Å²) in [6.45, 7) is 6.92. The van der Waals surface area contributed by atoms with Gasteiger partial charge >= 0.3 is 12.3 Å². The summed E-state index contributed by atoms with van der Waals surface area (Å²) in [5.74, 6) is 0.417. The van der Waals surface area contributed by atoms with Gasteiger partial charge in [-0.3, -0.25) is 9.48 Å². The first kappa shape index (κ1) is 27.7. The molecule has 0 radical (unpaired) electrons. The maximum Gasteiger partial charge on any atom is 0.417 e. The first-order chi connectivity index (χ1) is 17.8. The Bertz CT molecular complexity index is 1160. The molecule has 9 nitrogen and oxygen atoms in total. The number of anilines is 1. The first-order valence-electron chi connectivity index (χ1n) is 12.7. The van der Waals surface area contributed by atoms with E-state index >= 15 is 0 Å². The van der Waals surface area contributed by atoms with E-state index in [1.807, 2.05) is 0 Å². The number of alkyl carbamates (subject to hydrolysis) is 1. The molecule has 2 saturated carbocycles. The fourth-order valence-corrected chi connectivity index (χ4v) is 4.73. The minimum atomic E-state index is -4.56. The molecular formula is C26H34F3N5O4. The van der Waals surface area contributed by atoms with Crippen molar-refractivity contribution in [1.82, 2.24) is 20.1 Å². The van der Waals surface area contributed by atoms with E-state index in [0.29, 0.717) is 17.5 Å². The number of methoxy groups -OCH3 is 1. The van der Waals surface area contributed by atoms with Crippen LogP contribution in [0.4, 0.5) is 23.7 Å². The van der Waals surface area contributed by atoms with Gasteiger partial charge in [0.05, 0.1) is 30.6 Å². The number of nitrogens with zero attached hydrogens (tertiary/aromatic N) is 3. The molecule has 4 rings (SSSR count). The molecule has 38 heavy (non-hydrogen) atoms. The lowest BCUT2D eigenvalue weighted by atomic mass is 9.89. The zero-order chi connectivity index (χ0) is 27.8. The summed E-state index contributed by atoms with van der Waals surface area (Å²) in [5.41, 5.74) is -1.07. The maximum atomic E-state index is 13.5. The smallest absolute Gasteiger partial charge is 0.417 e. The van der Waals surface area contributed by atoms with Gasteiger partial charge in [-0.2, -0.15) is 18.3 Å². The zero-order valence-corrected chi connectivity index (χ0v) is 22.1. The van der Waals surface area contributed by atoms with E-state index in [1.165, 1.54) is 24.2 Å². The highest BCUT2D eigenvalue weighted by Crippen LogP contribution is 2.51. The van der Waals surface area contributed by atoms with E-state index in [-0.39, 0.29) is 23.3 Å². The summed E-state index contributed by atoms with van der Waals surface area (Å²) in [5, 5.41) is 9.87. The number of rotatable bonds is 9. The normalized spacial score (nSPS) is 17.6. The Balaban J connectivity index is 1.52. The highest BCUT2D eigenvalue weighted by Gasteiger charge is 2.48. The summed E-state index contributed by atoms with van der Waals surface area (Å²) in [7, 11) is 1.33. The van der Waals surface area contributed by atoms with Crippen molar-refractivity contribution in [3.05, 3.63) is 35.8 Å². The number of hydrogen-bond donors (Lipinski definition) is 2. The molecule has 2 amide bonds. The van der Waals surface area contributed by atoms with Gasteiger partial charge in [0, 0.05) is 18.0 Å². The first-order valence-corrected chi connectivity index (χ1v) is 12.7. The van der Waals surface area contributed by atoms with Gasteiger partial charge in [-0.25, -0.2) is 9.78 Å². The van der Waals surface area contributed by atoms with Crippen molar-refractivity contribution in [3.8, 4) is 5.88 Å². The summed E-state index contributed by atoms with van der Waals surface area (Å²) < 4.78 is 51.8. The quantitative estimate of drug-likeness (QED) is 0.456. The van der Waals surface area contributed by atoms with E-state index in [4.69, 9.17) is 9.47 Å². The van der Waals surface area contributed by atoms with Crippen molar-refractivity contribution in [2.75, 3.05) is 12.4 Å². The van der Waals surface area contributed by atoms with Gasteiger partial charge in [-0.05, 0) is 77.2 Å². The molecule has 0 aromatic carbocycles. The number of carbonyl (C=O) groups is 2. The molecule has 2 N–H and O–H groups in total. The van der Waals surface area contributed by atoms with Crippen LogP contribution in [0.25, 0.3) is 0 Å². The average Bonchev–Trinajstić information content (AvgIpc) is 3.76. The van der Waals surface area contributed by atoms with Crippen molar-refractivity contribution in [1.29, 1.82) is 0 Å². The molecule has 208 valence electrons. The van der Waals surface area contributed by atoms with E-state index in [9.17, 15) is 22.8 Å². The molecule has 2 unspecified atom stereocenters. The summed E-state index contributed by atoms with van der Waals surface area (Å²) >= 11 is 0. The SMILES string of the molecule is COc1ncc(C(F)(F)F)cc1C(C)n1cc(NC(=O)C(NC(=O)OC(C)(C)C)C(C2CC2)C2CC2)cn1. The van der Waals surface area contributed by atoms with Crippen molar-refractivity contribution < 1.29 is 32.2 Å². The summed E-state index contributed by atoms with van der Waals surface area (Å²) in [6, 6.07) is -0.474. The number of carbonyl (C=O) groups excluding carboxylic acids is 2. The van der Waals surface area contributed by atoms with Gasteiger partial charge < -0.3 is 20.1 Å². The lowest BCUT2D eigenvalue weighted by molar-refractivity contribution is -0.138. The predicted molar refractivity (Wildman–Crippen MR) is 133 cm³/mol. The van der Waals surface area contributed by atoms with E-state index in [0.717, 1.165) is 37.9 Å². The predicted octanol–water partition coefficient (Wildman–Crippen LogP) is 5.18. The van der Waals surface area contributed by atoms with Crippen LogP contribution in [0.2, 0.25) is 0 Å². The fourth-order valence-electron chi connectivity index (χ4n) is 4.73. The number of aromatic nitrogens is 3. The van der Waals surface area contributed by atoms with Crippen molar-refractivity contribution in [2.24, 2.45) is 17.8 Å². The van der Waals surface area contributed by atoms with Crippen molar-refractivity contribution >= 4 is 17.7 Å². The Kier molecular flexibility index (Phi) is 7.62. The Morgan fingerprint density at radius 3 is 2.26 bits per heavy atom. The number of amides is 2. The van der Waals surface area contributed by atoms with E-state index < -0.39 is 35.5 Å². The molecule has 2 aromatic heterocycles. The van der Waals surface area contributed by atoms with Crippen LogP contribution < -0.4 is 15.4 Å². The zero-order valence-electron chi connectivity index (χ0n) is 22.1. The van der Waals surface area contributed by atoms with Gasteiger partial charge in [-0.15, -0.1) is 0 Å². The van der Waals surface area contributed by atoms with E-state index in [2.05, 4.69) is 20.7 Å². The van der Waals surface area contributed by atoms with Crippen LogP contribution in [0.15, 0.2) is 24.7 Å². The largest absolute Gasteiger partial charge is 0.481 e. The Morgan fingerprint density at radius 2 is 1.74 bits per heavy atom. The average molecular weight is 538 g/mol. The van der Waals surface area contributed by atoms with E-state index in [1.54, 1.807) is 27.7 Å². The van der Waals surface area contributed by atoms with Gasteiger partial charge in [0.15, 0.2) is 0 Å². The topological polar surface area (TPSA) is 107 Å². The molecular weight excluding hydrogens is 503 g/mol. The van der Waals surface area contributed by atoms with Crippen LogP contribution in [-0.2, 0) is 15.7 Å².